The van der Waals surface area contributed by atoms with Crippen LogP contribution in [0.2, 0.25) is 0 Å². The third kappa shape index (κ3) is 5.15. The molecule has 0 bridgehead atoms. The lowest BCUT2D eigenvalue weighted by Gasteiger charge is -2.11. The van der Waals surface area contributed by atoms with Crippen LogP contribution in [0, 0.1) is 0 Å². The number of rotatable bonds is 8. The normalized spacial score (nSPS) is 11.1. The second-order valence-electron chi connectivity index (χ2n) is 5.82. The predicted octanol–water partition coefficient (Wildman–Crippen LogP) is 5.61. The van der Waals surface area contributed by atoms with Crippen LogP contribution in [0.25, 0.3) is 11.6 Å². The Hall–Kier alpha value is -2.68. The first kappa shape index (κ1) is 18.7. The van der Waals surface area contributed by atoms with Crippen LogP contribution >= 0.6 is 0 Å². The highest BCUT2D eigenvalue weighted by Gasteiger charge is 2.07. The smallest absolute Gasteiger partial charge is 0.123 e. The van der Waals surface area contributed by atoms with Gasteiger partial charge >= 0.3 is 0 Å². The van der Waals surface area contributed by atoms with E-state index in [9.17, 15) is 0 Å². The summed E-state index contributed by atoms with van der Waals surface area (Å²) in [4.78, 5) is 0. The Morgan fingerprint density at radius 1 is 0.960 bits per heavy atom. The van der Waals surface area contributed by atoms with Crippen LogP contribution in [0.3, 0.4) is 0 Å². The summed E-state index contributed by atoms with van der Waals surface area (Å²) in [6.07, 6.45) is 3.11. The SMILES string of the molecule is C=C(/C(C)=C/c1ccc(OCCC)cc1)c1cc(OC)cc(OC)c1. The molecule has 0 aliphatic carbocycles. The quantitative estimate of drug-likeness (QED) is 0.586. The molecule has 0 aliphatic rings. The van der Waals surface area contributed by atoms with Crippen molar-refractivity contribution in [2.45, 2.75) is 20.3 Å². The highest BCUT2D eigenvalue weighted by molar-refractivity contribution is 5.83. The summed E-state index contributed by atoms with van der Waals surface area (Å²) >= 11 is 0. The van der Waals surface area contributed by atoms with E-state index in [2.05, 4.69) is 26.5 Å². The topological polar surface area (TPSA) is 27.7 Å². The molecule has 132 valence electrons. The summed E-state index contributed by atoms with van der Waals surface area (Å²) in [5.74, 6) is 2.40. The Morgan fingerprint density at radius 2 is 1.56 bits per heavy atom. The lowest BCUT2D eigenvalue weighted by Crippen LogP contribution is -1.94. The Balaban J connectivity index is 2.20. The number of hydrogen-bond acceptors (Lipinski definition) is 3. The van der Waals surface area contributed by atoms with Crippen molar-refractivity contribution < 1.29 is 14.2 Å². The number of hydrogen-bond donors (Lipinski definition) is 0. The van der Waals surface area contributed by atoms with E-state index in [-0.39, 0.29) is 0 Å². The van der Waals surface area contributed by atoms with E-state index in [1.165, 1.54) is 0 Å². The second kappa shape index (κ2) is 8.97. The fourth-order valence-electron chi connectivity index (χ4n) is 2.43. The molecule has 3 nitrogen and oxygen atoms in total. The summed E-state index contributed by atoms with van der Waals surface area (Å²) in [5, 5.41) is 0. The molecule has 0 radical (unpaired) electrons. The molecule has 0 fully saturated rings. The lowest BCUT2D eigenvalue weighted by atomic mass is 9.98. The van der Waals surface area contributed by atoms with Gasteiger partial charge in [0.2, 0.25) is 0 Å². The van der Waals surface area contributed by atoms with Gasteiger partial charge in [-0.25, -0.2) is 0 Å². The van der Waals surface area contributed by atoms with Crippen LogP contribution in [0.15, 0.2) is 54.6 Å². The summed E-state index contributed by atoms with van der Waals surface area (Å²) in [6.45, 7) is 9.11. The molecule has 2 rings (SSSR count). The van der Waals surface area contributed by atoms with E-state index in [1.54, 1.807) is 14.2 Å². The molecule has 0 aromatic heterocycles. The molecule has 0 N–H and O–H groups in total. The summed E-state index contributed by atoms with van der Waals surface area (Å²) in [7, 11) is 3.29. The van der Waals surface area contributed by atoms with Crippen LogP contribution in [0.1, 0.15) is 31.4 Å². The van der Waals surface area contributed by atoms with Gasteiger partial charge in [0.05, 0.1) is 20.8 Å². The summed E-state index contributed by atoms with van der Waals surface area (Å²) < 4.78 is 16.3. The Labute approximate surface area is 150 Å². The first-order valence-electron chi connectivity index (χ1n) is 8.41. The number of ether oxygens (including phenoxy) is 3. The minimum absolute atomic E-state index is 0.739. The number of allylic oxidation sites excluding steroid dienone is 2. The van der Waals surface area contributed by atoms with Crippen molar-refractivity contribution in [3.63, 3.8) is 0 Å². The van der Waals surface area contributed by atoms with Gasteiger partial charge in [-0.05, 0) is 59.9 Å². The van der Waals surface area contributed by atoms with Crippen LogP contribution in [0.5, 0.6) is 17.2 Å². The molecule has 0 amide bonds. The zero-order chi connectivity index (χ0) is 18.2. The highest BCUT2D eigenvalue weighted by atomic mass is 16.5. The number of methoxy groups -OCH3 is 2. The lowest BCUT2D eigenvalue weighted by molar-refractivity contribution is 0.317. The van der Waals surface area contributed by atoms with Crippen molar-refractivity contribution in [1.29, 1.82) is 0 Å². The molecule has 0 spiro atoms. The van der Waals surface area contributed by atoms with Gasteiger partial charge in [0.25, 0.3) is 0 Å². The first-order chi connectivity index (χ1) is 12.1. The molecular weight excluding hydrogens is 312 g/mol. The molecular formula is C22H26O3. The van der Waals surface area contributed by atoms with Crippen molar-refractivity contribution in [3.8, 4) is 17.2 Å². The zero-order valence-electron chi connectivity index (χ0n) is 15.5. The first-order valence-corrected chi connectivity index (χ1v) is 8.41. The average molecular weight is 338 g/mol. The monoisotopic (exact) mass is 338 g/mol. The fraction of sp³-hybridized carbons (Fsp3) is 0.273. The van der Waals surface area contributed by atoms with Gasteiger partial charge in [-0.1, -0.05) is 31.7 Å². The summed E-state index contributed by atoms with van der Waals surface area (Å²) in [5.41, 5.74) is 4.10. The summed E-state index contributed by atoms with van der Waals surface area (Å²) in [6, 6.07) is 13.9. The van der Waals surface area contributed by atoms with Crippen LogP contribution < -0.4 is 14.2 Å². The van der Waals surface area contributed by atoms with E-state index in [1.807, 2.05) is 42.5 Å². The van der Waals surface area contributed by atoms with Gasteiger partial charge < -0.3 is 14.2 Å². The van der Waals surface area contributed by atoms with Gasteiger partial charge in [-0.3, -0.25) is 0 Å². The fourth-order valence-corrected chi connectivity index (χ4v) is 2.43. The predicted molar refractivity (Wildman–Crippen MR) is 104 cm³/mol. The minimum atomic E-state index is 0.739. The van der Waals surface area contributed by atoms with E-state index in [0.717, 1.165) is 52.5 Å². The minimum Gasteiger partial charge on any atom is -0.497 e. The molecule has 2 aromatic carbocycles. The van der Waals surface area contributed by atoms with Gasteiger partial charge in [0.15, 0.2) is 0 Å². The van der Waals surface area contributed by atoms with Gasteiger partial charge in [-0.15, -0.1) is 0 Å². The molecule has 2 aromatic rings. The molecule has 0 heterocycles. The van der Waals surface area contributed by atoms with E-state index in [4.69, 9.17) is 14.2 Å². The van der Waals surface area contributed by atoms with Gasteiger partial charge in [-0.2, -0.15) is 0 Å². The standard InChI is InChI=1S/C22H26O3/c1-6-11-25-20-9-7-18(8-10-20)12-16(2)17(3)19-13-21(23-4)15-22(14-19)24-5/h7-10,12-15H,3,6,11H2,1-2,4-5H3/b16-12+. The Kier molecular flexibility index (Phi) is 6.70. The van der Waals surface area contributed by atoms with Crippen molar-refractivity contribution in [2.75, 3.05) is 20.8 Å². The molecule has 25 heavy (non-hydrogen) atoms. The third-order valence-corrected chi connectivity index (χ3v) is 3.91. The molecule has 3 heteroatoms. The van der Waals surface area contributed by atoms with Crippen LogP contribution in [0.4, 0.5) is 0 Å². The molecule has 0 atom stereocenters. The largest absolute Gasteiger partial charge is 0.497 e. The average Bonchev–Trinajstić information content (AvgIpc) is 2.66. The zero-order valence-corrected chi connectivity index (χ0v) is 15.5. The van der Waals surface area contributed by atoms with Gasteiger partial charge in [0.1, 0.15) is 17.2 Å². The van der Waals surface area contributed by atoms with Crippen LogP contribution in [-0.2, 0) is 0 Å². The molecule has 0 saturated carbocycles. The molecule has 0 aliphatic heterocycles. The Bertz CT molecular complexity index is 720. The van der Waals surface area contributed by atoms with Crippen molar-refractivity contribution >= 4 is 11.6 Å². The van der Waals surface area contributed by atoms with Crippen LogP contribution in [-0.4, -0.2) is 20.8 Å². The van der Waals surface area contributed by atoms with Gasteiger partial charge in [0, 0.05) is 6.07 Å². The van der Waals surface area contributed by atoms with E-state index in [0.29, 0.717) is 0 Å². The van der Waals surface area contributed by atoms with Crippen molar-refractivity contribution in [1.82, 2.24) is 0 Å². The van der Waals surface area contributed by atoms with E-state index >= 15 is 0 Å². The maximum atomic E-state index is 5.62. The maximum Gasteiger partial charge on any atom is 0.123 e. The third-order valence-electron chi connectivity index (χ3n) is 3.91. The molecule has 0 saturated heterocycles. The molecule has 0 unspecified atom stereocenters. The van der Waals surface area contributed by atoms with Crippen molar-refractivity contribution in [3.05, 3.63) is 65.7 Å². The van der Waals surface area contributed by atoms with E-state index < -0.39 is 0 Å². The highest BCUT2D eigenvalue weighted by Crippen LogP contribution is 2.30. The van der Waals surface area contributed by atoms with Crippen molar-refractivity contribution in [2.24, 2.45) is 0 Å². The maximum absolute atomic E-state index is 5.62. The second-order valence-corrected chi connectivity index (χ2v) is 5.82. The Morgan fingerprint density at radius 3 is 2.08 bits per heavy atom. The number of benzene rings is 2.